The van der Waals surface area contributed by atoms with E-state index in [0.717, 1.165) is 30.9 Å². The Bertz CT molecular complexity index is 772. The molecule has 0 amide bonds. The SMILES string of the molecule is CCOc1c(OC)ccc2c1[C@@]13CCN(C)[C@@H](C2)[C@H]1C=C(OC)C(=O)C3. The van der Waals surface area contributed by atoms with Crippen LogP contribution in [0.5, 0.6) is 11.5 Å². The smallest absolute Gasteiger partial charge is 0.197 e. The summed E-state index contributed by atoms with van der Waals surface area (Å²) >= 11 is 0. The average molecular weight is 357 g/mol. The first-order valence-corrected chi connectivity index (χ1v) is 9.38. The fourth-order valence-corrected chi connectivity index (χ4v) is 5.30. The van der Waals surface area contributed by atoms with Crippen molar-refractivity contribution in [2.45, 2.75) is 37.6 Å². The minimum atomic E-state index is -0.233. The lowest BCUT2D eigenvalue weighted by Crippen LogP contribution is -2.60. The lowest BCUT2D eigenvalue weighted by atomic mass is 9.53. The maximum atomic E-state index is 12.8. The molecule has 4 rings (SSSR count). The highest BCUT2D eigenvalue weighted by molar-refractivity contribution is 5.96. The number of methoxy groups -OCH3 is 2. The first kappa shape index (κ1) is 17.4. The number of carbonyl (C=O) groups excluding carboxylic acids is 1. The van der Waals surface area contributed by atoms with Crippen LogP contribution in [0.2, 0.25) is 0 Å². The number of likely N-dealkylation sites (tertiary alicyclic amines) is 1. The van der Waals surface area contributed by atoms with Crippen LogP contribution in [0.4, 0.5) is 0 Å². The van der Waals surface area contributed by atoms with E-state index < -0.39 is 0 Å². The molecule has 0 aromatic heterocycles. The molecule has 0 spiro atoms. The molecule has 1 aromatic carbocycles. The van der Waals surface area contributed by atoms with E-state index in [0.29, 0.717) is 24.8 Å². The monoisotopic (exact) mass is 357 g/mol. The van der Waals surface area contributed by atoms with Gasteiger partial charge in [0.25, 0.3) is 0 Å². The van der Waals surface area contributed by atoms with Crippen molar-refractivity contribution in [3.05, 3.63) is 35.1 Å². The summed E-state index contributed by atoms with van der Waals surface area (Å²) in [4.78, 5) is 15.2. The van der Waals surface area contributed by atoms with Gasteiger partial charge >= 0.3 is 0 Å². The van der Waals surface area contributed by atoms with Crippen LogP contribution in [-0.2, 0) is 21.4 Å². The van der Waals surface area contributed by atoms with Gasteiger partial charge in [0.05, 0.1) is 20.8 Å². The number of likely N-dealkylation sites (N-methyl/N-ethyl adjacent to an activating group) is 1. The fraction of sp³-hybridized carbons (Fsp3) is 0.571. The van der Waals surface area contributed by atoms with Crippen molar-refractivity contribution in [3.63, 3.8) is 0 Å². The number of fused-ring (bicyclic) bond motifs is 1. The van der Waals surface area contributed by atoms with Gasteiger partial charge < -0.3 is 19.1 Å². The number of piperidine rings is 1. The van der Waals surface area contributed by atoms with Crippen LogP contribution >= 0.6 is 0 Å². The normalized spacial score (nSPS) is 30.2. The third-order valence-corrected chi connectivity index (χ3v) is 6.47. The quantitative estimate of drug-likeness (QED) is 0.829. The third-order valence-electron chi connectivity index (χ3n) is 6.47. The molecule has 0 N–H and O–H groups in total. The molecule has 1 heterocycles. The zero-order chi connectivity index (χ0) is 18.5. The van der Waals surface area contributed by atoms with Crippen LogP contribution in [0.1, 0.15) is 30.9 Å². The highest BCUT2D eigenvalue weighted by Gasteiger charge is 2.56. The van der Waals surface area contributed by atoms with Gasteiger partial charge in [0.1, 0.15) is 0 Å². The maximum Gasteiger partial charge on any atom is 0.197 e. The molecular formula is C21H27NO4. The van der Waals surface area contributed by atoms with Crippen LogP contribution in [-0.4, -0.2) is 51.1 Å². The van der Waals surface area contributed by atoms with Gasteiger partial charge in [0.15, 0.2) is 23.0 Å². The van der Waals surface area contributed by atoms with Crippen molar-refractivity contribution in [2.75, 3.05) is 34.4 Å². The second kappa shape index (κ2) is 6.31. The molecule has 0 saturated carbocycles. The molecule has 1 saturated heterocycles. The van der Waals surface area contributed by atoms with Crippen LogP contribution in [0.25, 0.3) is 0 Å². The molecule has 5 heteroatoms. The van der Waals surface area contributed by atoms with Crippen molar-refractivity contribution < 1.29 is 19.0 Å². The van der Waals surface area contributed by atoms with E-state index >= 15 is 0 Å². The summed E-state index contributed by atoms with van der Waals surface area (Å²) < 4.78 is 17.1. The molecule has 140 valence electrons. The Balaban J connectivity index is 1.97. The van der Waals surface area contributed by atoms with E-state index in [1.165, 1.54) is 11.1 Å². The highest BCUT2D eigenvalue weighted by atomic mass is 16.5. The summed E-state index contributed by atoms with van der Waals surface area (Å²) in [5.41, 5.74) is 2.24. The maximum absolute atomic E-state index is 12.8. The first-order chi connectivity index (χ1) is 12.6. The Kier molecular flexibility index (Phi) is 4.22. The number of carbonyl (C=O) groups is 1. The number of ether oxygens (including phenoxy) is 3. The number of hydrogen-bond acceptors (Lipinski definition) is 5. The van der Waals surface area contributed by atoms with Crippen molar-refractivity contribution in [3.8, 4) is 11.5 Å². The summed E-state index contributed by atoms with van der Waals surface area (Å²) in [5.74, 6) is 2.42. The Morgan fingerprint density at radius 3 is 2.77 bits per heavy atom. The second-order valence-corrected chi connectivity index (χ2v) is 7.58. The molecular weight excluding hydrogens is 330 g/mol. The zero-order valence-electron chi connectivity index (χ0n) is 16.0. The Morgan fingerprint density at radius 2 is 2.08 bits per heavy atom. The summed E-state index contributed by atoms with van der Waals surface area (Å²) in [6, 6.07) is 4.52. The van der Waals surface area contributed by atoms with Gasteiger partial charge in [0, 0.05) is 29.4 Å². The number of benzene rings is 1. The predicted molar refractivity (Wildman–Crippen MR) is 98.8 cm³/mol. The van der Waals surface area contributed by atoms with Crippen LogP contribution in [0.3, 0.4) is 0 Å². The van der Waals surface area contributed by atoms with E-state index in [1.807, 2.05) is 13.0 Å². The van der Waals surface area contributed by atoms with Gasteiger partial charge in [-0.1, -0.05) is 6.07 Å². The molecule has 1 aromatic rings. The van der Waals surface area contributed by atoms with Gasteiger partial charge in [-0.3, -0.25) is 4.79 Å². The van der Waals surface area contributed by atoms with E-state index in [4.69, 9.17) is 14.2 Å². The van der Waals surface area contributed by atoms with Gasteiger partial charge in [-0.2, -0.15) is 0 Å². The summed E-state index contributed by atoms with van der Waals surface area (Å²) in [7, 11) is 5.45. The topological polar surface area (TPSA) is 48.0 Å². The largest absolute Gasteiger partial charge is 0.493 e. The minimum absolute atomic E-state index is 0.0881. The second-order valence-electron chi connectivity index (χ2n) is 7.58. The fourth-order valence-electron chi connectivity index (χ4n) is 5.30. The van der Waals surface area contributed by atoms with Gasteiger partial charge in [-0.05, 0) is 51.1 Å². The summed E-state index contributed by atoms with van der Waals surface area (Å²) in [5, 5.41) is 0. The van der Waals surface area contributed by atoms with E-state index in [-0.39, 0.29) is 17.1 Å². The molecule has 3 atom stereocenters. The van der Waals surface area contributed by atoms with E-state index in [1.54, 1.807) is 14.2 Å². The number of hydrogen-bond donors (Lipinski definition) is 0. The molecule has 2 bridgehead atoms. The molecule has 0 radical (unpaired) electrons. The van der Waals surface area contributed by atoms with Crippen molar-refractivity contribution in [1.82, 2.24) is 4.90 Å². The Hall–Kier alpha value is -2.01. The summed E-state index contributed by atoms with van der Waals surface area (Å²) in [6.07, 6.45) is 4.43. The van der Waals surface area contributed by atoms with Crippen LogP contribution in [0.15, 0.2) is 24.0 Å². The molecule has 3 aliphatic rings. The minimum Gasteiger partial charge on any atom is -0.493 e. The molecule has 5 nitrogen and oxygen atoms in total. The van der Waals surface area contributed by atoms with Gasteiger partial charge in [-0.25, -0.2) is 0 Å². The number of Topliss-reactive ketones (excluding diaryl/α,β-unsaturated/α-hetero) is 1. The molecule has 0 unspecified atom stereocenters. The Labute approximate surface area is 154 Å². The molecule has 26 heavy (non-hydrogen) atoms. The summed E-state index contributed by atoms with van der Waals surface area (Å²) in [6.45, 7) is 3.54. The van der Waals surface area contributed by atoms with Crippen molar-refractivity contribution >= 4 is 5.78 Å². The number of nitrogens with zero attached hydrogens (tertiary/aromatic N) is 1. The standard InChI is InChI=1S/C21H27NO4/c1-5-26-20-17(24-3)7-6-13-10-15-14-11-18(25-4)16(23)12-21(14,19(13)20)8-9-22(15)2/h6-7,11,14-15H,5,8-10,12H2,1-4H3/t14-,15+,21-/m1/s1. The predicted octanol–water partition coefficient (Wildman–Crippen LogP) is 2.71. The lowest BCUT2D eigenvalue weighted by molar-refractivity contribution is -0.122. The number of rotatable bonds is 4. The third kappa shape index (κ3) is 2.29. The van der Waals surface area contributed by atoms with Crippen LogP contribution in [0, 0.1) is 5.92 Å². The van der Waals surface area contributed by atoms with E-state index in [9.17, 15) is 4.79 Å². The molecule has 2 aliphatic carbocycles. The van der Waals surface area contributed by atoms with Crippen molar-refractivity contribution in [1.29, 1.82) is 0 Å². The molecule has 1 aliphatic heterocycles. The van der Waals surface area contributed by atoms with Gasteiger partial charge in [-0.15, -0.1) is 0 Å². The average Bonchev–Trinajstić information content (AvgIpc) is 2.64. The lowest BCUT2D eigenvalue weighted by Gasteiger charge is -2.56. The number of allylic oxidation sites excluding steroid dienone is 1. The van der Waals surface area contributed by atoms with Crippen LogP contribution < -0.4 is 9.47 Å². The Morgan fingerprint density at radius 1 is 1.27 bits per heavy atom. The number of ketones is 1. The molecule has 1 fully saturated rings. The van der Waals surface area contributed by atoms with Crippen molar-refractivity contribution in [2.24, 2.45) is 5.92 Å². The van der Waals surface area contributed by atoms with E-state index in [2.05, 4.69) is 24.1 Å². The highest BCUT2D eigenvalue weighted by Crippen LogP contribution is 2.57. The zero-order valence-corrected chi connectivity index (χ0v) is 16.0. The first-order valence-electron chi connectivity index (χ1n) is 9.38. The van der Waals surface area contributed by atoms with Gasteiger partial charge in [0.2, 0.25) is 0 Å².